The Morgan fingerprint density at radius 3 is 2.06 bits per heavy atom. The first-order valence-corrected chi connectivity index (χ1v) is 10.6. The van der Waals surface area contributed by atoms with Crippen molar-refractivity contribution in [2.45, 2.75) is 38.0 Å². The molecule has 0 fully saturated rings. The van der Waals surface area contributed by atoms with Gasteiger partial charge >= 0.3 is 0 Å². The molecule has 3 aromatic carbocycles. The highest BCUT2D eigenvalue weighted by molar-refractivity contribution is 5.91. The second kappa shape index (κ2) is 9.58. The maximum Gasteiger partial charge on any atom is 0.247 e. The van der Waals surface area contributed by atoms with Crippen LogP contribution < -0.4 is 16.0 Å². The molecule has 4 rings (SSSR count). The van der Waals surface area contributed by atoms with Crippen LogP contribution in [0.5, 0.6) is 0 Å². The zero-order chi connectivity index (χ0) is 21.6. The second-order valence-electron chi connectivity index (χ2n) is 7.90. The molecule has 1 aliphatic heterocycles. The van der Waals surface area contributed by atoms with Gasteiger partial charge in [0.25, 0.3) is 0 Å². The molecule has 1 aliphatic rings. The summed E-state index contributed by atoms with van der Waals surface area (Å²) in [6.45, 7) is 2.58. The van der Waals surface area contributed by atoms with Crippen molar-refractivity contribution in [1.82, 2.24) is 16.0 Å². The lowest BCUT2D eigenvalue weighted by Gasteiger charge is -2.28. The van der Waals surface area contributed by atoms with Crippen molar-refractivity contribution in [2.75, 3.05) is 0 Å². The van der Waals surface area contributed by atoms with E-state index in [2.05, 4.69) is 28.1 Å². The molecule has 0 spiro atoms. The maximum atomic E-state index is 13.2. The van der Waals surface area contributed by atoms with Crippen LogP contribution in [0.1, 0.15) is 41.3 Å². The average molecular weight is 414 g/mol. The molecule has 0 bridgehead atoms. The molecule has 2 amide bonds. The third-order valence-electron chi connectivity index (χ3n) is 5.74. The summed E-state index contributed by atoms with van der Waals surface area (Å²) in [5.41, 5.74) is 4.14. The normalized spacial score (nSPS) is 17.1. The lowest BCUT2D eigenvalue weighted by atomic mass is 9.95. The van der Waals surface area contributed by atoms with E-state index in [1.807, 2.05) is 79.7 Å². The minimum atomic E-state index is -0.765. The predicted molar refractivity (Wildman–Crippen MR) is 121 cm³/mol. The van der Waals surface area contributed by atoms with Crippen LogP contribution in [0, 0.1) is 0 Å². The number of nitrogens with one attached hydrogen (secondary N) is 3. The van der Waals surface area contributed by atoms with Crippen LogP contribution >= 0.6 is 0 Å². The number of amides is 2. The highest BCUT2D eigenvalue weighted by atomic mass is 16.2. The molecular formula is C26H27N3O2. The van der Waals surface area contributed by atoms with Gasteiger partial charge in [-0.1, -0.05) is 84.9 Å². The fourth-order valence-electron chi connectivity index (χ4n) is 3.95. The van der Waals surface area contributed by atoms with Gasteiger partial charge in [0.1, 0.15) is 6.04 Å². The van der Waals surface area contributed by atoms with E-state index in [9.17, 15) is 9.59 Å². The van der Waals surface area contributed by atoms with E-state index in [0.717, 1.165) is 11.1 Å². The van der Waals surface area contributed by atoms with E-state index < -0.39 is 6.04 Å². The van der Waals surface area contributed by atoms with Crippen LogP contribution in [0.15, 0.2) is 84.9 Å². The highest BCUT2D eigenvalue weighted by Gasteiger charge is 2.29. The fourth-order valence-corrected chi connectivity index (χ4v) is 3.95. The average Bonchev–Trinajstić information content (AvgIpc) is 2.83. The SMILES string of the molecule is CC(NC(=O)[C@H](NC(=O)[C@@H]1Cc2ccccc2CN1)c1ccccc1)c1ccccc1. The van der Waals surface area contributed by atoms with Crippen molar-refractivity contribution in [1.29, 1.82) is 0 Å². The molecule has 158 valence electrons. The zero-order valence-corrected chi connectivity index (χ0v) is 17.5. The third kappa shape index (κ3) is 5.01. The van der Waals surface area contributed by atoms with Crippen molar-refractivity contribution in [3.05, 3.63) is 107 Å². The molecule has 3 aromatic rings. The topological polar surface area (TPSA) is 70.2 Å². The molecule has 0 aliphatic carbocycles. The number of benzene rings is 3. The Bertz CT molecular complexity index is 1040. The fraction of sp³-hybridized carbons (Fsp3) is 0.231. The monoisotopic (exact) mass is 413 g/mol. The molecule has 3 N–H and O–H groups in total. The number of fused-ring (bicyclic) bond motifs is 1. The summed E-state index contributed by atoms with van der Waals surface area (Å²) in [5, 5.41) is 9.32. The van der Waals surface area contributed by atoms with Crippen LogP contribution in [0.4, 0.5) is 0 Å². The molecule has 0 saturated heterocycles. The van der Waals surface area contributed by atoms with Gasteiger partial charge in [-0.15, -0.1) is 0 Å². The molecule has 5 nitrogen and oxygen atoms in total. The zero-order valence-electron chi connectivity index (χ0n) is 17.5. The standard InChI is InChI=1S/C26H27N3O2/c1-18(19-10-4-2-5-11-19)28-26(31)24(20-12-6-3-7-13-20)29-25(30)23-16-21-14-8-9-15-22(21)17-27-23/h2-15,18,23-24,27H,16-17H2,1H3,(H,28,31)(H,29,30)/t18?,23-,24+/m0/s1. The van der Waals surface area contributed by atoms with Crippen molar-refractivity contribution in [3.63, 3.8) is 0 Å². The lowest BCUT2D eigenvalue weighted by molar-refractivity contribution is -0.130. The summed E-state index contributed by atoms with van der Waals surface area (Å²) >= 11 is 0. The minimum Gasteiger partial charge on any atom is -0.347 e. The van der Waals surface area contributed by atoms with Crippen molar-refractivity contribution < 1.29 is 9.59 Å². The number of hydrogen-bond acceptors (Lipinski definition) is 3. The van der Waals surface area contributed by atoms with E-state index in [1.54, 1.807) is 0 Å². The van der Waals surface area contributed by atoms with Gasteiger partial charge in [-0.25, -0.2) is 0 Å². The van der Waals surface area contributed by atoms with Gasteiger partial charge in [0.05, 0.1) is 12.1 Å². The van der Waals surface area contributed by atoms with E-state index in [4.69, 9.17) is 0 Å². The van der Waals surface area contributed by atoms with Crippen LogP contribution in [0.25, 0.3) is 0 Å². The van der Waals surface area contributed by atoms with Gasteiger partial charge in [0, 0.05) is 6.54 Å². The maximum absolute atomic E-state index is 13.2. The molecule has 0 aromatic heterocycles. The van der Waals surface area contributed by atoms with Crippen LogP contribution in [-0.4, -0.2) is 17.9 Å². The third-order valence-corrected chi connectivity index (χ3v) is 5.74. The van der Waals surface area contributed by atoms with E-state index in [0.29, 0.717) is 13.0 Å². The van der Waals surface area contributed by atoms with Gasteiger partial charge in [-0.3, -0.25) is 9.59 Å². The summed E-state index contributed by atoms with van der Waals surface area (Å²) in [4.78, 5) is 26.3. The molecule has 0 radical (unpaired) electrons. The number of carbonyl (C=O) groups is 2. The van der Waals surface area contributed by atoms with Gasteiger partial charge in [-0.05, 0) is 35.6 Å². The number of carbonyl (C=O) groups excluding carboxylic acids is 2. The molecule has 1 unspecified atom stereocenters. The Balaban J connectivity index is 1.49. The Morgan fingerprint density at radius 2 is 1.39 bits per heavy atom. The van der Waals surface area contributed by atoms with Gasteiger partial charge in [-0.2, -0.15) is 0 Å². The second-order valence-corrected chi connectivity index (χ2v) is 7.90. The van der Waals surface area contributed by atoms with E-state index >= 15 is 0 Å². The van der Waals surface area contributed by atoms with Crippen molar-refractivity contribution >= 4 is 11.8 Å². The van der Waals surface area contributed by atoms with Crippen LogP contribution in [0.2, 0.25) is 0 Å². The number of hydrogen-bond donors (Lipinski definition) is 3. The van der Waals surface area contributed by atoms with Gasteiger partial charge in [0.2, 0.25) is 11.8 Å². The van der Waals surface area contributed by atoms with E-state index in [1.165, 1.54) is 11.1 Å². The molecule has 3 atom stereocenters. The summed E-state index contributed by atoms with van der Waals surface area (Å²) in [6, 6.07) is 26.0. The van der Waals surface area contributed by atoms with E-state index in [-0.39, 0.29) is 23.9 Å². The van der Waals surface area contributed by atoms with Gasteiger partial charge in [0.15, 0.2) is 0 Å². The summed E-state index contributed by atoms with van der Waals surface area (Å²) in [6.07, 6.45) is 0.603. The van der Waals surface area contributed by atoms with Gasteiger partial charge < -0.3 is 16.0 Å². The largest absolute Gasteiger partial charge is 0.347 e. The van der Waals surface area contributed by atoms with Crippen molar-refractivity contribution in [3.8, 4) is 0 Å². The summed E-state index contributed by atoms with van der Waals surface area (Å²) in [5.74, 6) is -0.405. The number of rotatable bonds is 6. The molecule has 1 heterocycles. The van der Waals surface area contributed by atoms with Crippen molar-refractivity contribution in [2.24, 2.45) is 0 Å². The van der Waals surface area contributed by atoms with Crippen LogP contribution in [-0.2, 0) is 22.6 Å². The first kappa shape index (κ1) is 20.8. The Hall–Kier alpha value is -3.44. The Kier molecular flexibility index (Phi) is 6.43. The Morgan fingerprint density at radius 1 is 0.806 bits per heavy atom. The first-order valence-electron chi connectivity index (χ1n) is 10.6. The first-order chi connectivity index (χ1) is 15.1. The summed E-state index contributed by atoms with van der Waals surface area (Å²) < 4.78 is 0. The lowest BCUT2D eigenvalue weighted by Crippen LogP contribution is -2.51. The minimum absolute atomic E-state index is 0.170. The smallest absolute Gasteiger partial charge is 0.247 e. The molecule has 5 heteroatoms. The highest BCUT2D eigenvalue weighted by Crippen LogP contribution is 2.20. The molecular weight excluding hydrogens is 386 g/mol. The molecule has 31 heavy (non-hydrogen) atoms. The Labute approximate surface area is 182 Å². The molecule has 0 saturated carbocycles. The summed E-state index contributed by atoms with van der Waals surface area (Å²) in [7, 11) is 0. The quantitative estimate of drug-likeness (QED) is 0.580. The van der Waals surface area contributed by atoms with Crippen LogP contribution in [0.3, 0.4) is 0 Å². The predicted octanol–water partition coefficient (Wildman–Crippen LogP) is 3.44.